The summed E-state index contributed by atoms with van der Waals surface area (Å²) in [5, 5.41) is 21.9. The highest BCUT2D eigenvalue weighted by Gasteiger charge is 2.26. The summed E-state index contributed by atoms with van der Waals surface area (Å²) in [5.41, 5.74) is 3.36. The molecule has 0 spiro atoms. The summed E-state index contributed by atoms with van der Waals surface area (Å²) in [4.78, 5) is 15.6. The lowest BCUT2D eigenvalue weighted by Crippen LogP contribution is -2.15. The van der Waals surface area contributed by atoms with E-state index in [1.807, 2.05) is 0 Å². The number of pyridine rings is 1. The van der Waals surface area contributed by atoms with Crippen molar-refractivity contribution in [3.8, 4) is 11.3 Å². The molecular weight excluding hydrogens is 387 g/mol. The van der Waals surface area contributed by atoms with Gasteiger partial charge in [0.05, 0.1) is 35.7 Å². The minimum atomic E-state index is -4.28. The van der Waals surface area contributed by atoms with E-state index >= 15 is 0 Å². The second-order valence-electron chi connectivity index (χ2n) is 6.83. The van der Waals surface area contributed by atoms with Gasteiger partial charge in [-0.1, -0.05) is 6.07 Å². The number of hydrogen-bond acceptors (Lipinski definition) is 4. The Balaban J connectivity index is 2.06. The van der Waals surface area contributed by atoms with Crippen molar-refractivity contribution in [3.63, 3.8) is 0 Å². The normalized spacial score (nSPS) is 12.9. The molecule has 1 atom stereocenters. The van der Waals surface area contributed by atoms with E-state index in [4.69, 9.17) is 0 Å². The number of halogens is 3. The number of aliphatic hydroxyl groups excluding tert-OH is 1. The van der Waals surface area contributed by atoms with E-state index in [1.54, 1.807) is 48.8 Å². The summed E-state index contributed by atoms with van der Waals surface area (Å²) in [5.74, 6) is -1.03. The molecule has 3 N–H and O–H groups in total. The first-order valence-electron chi connectivity index (χ1n) is 8.91. The number of anilines is 1. The lowest BCUT2D eigenvalue weighted by atomic mass is 10.0. The van der Waals surface area contributed by atoms with Crippen LogP contribution in [0, 0.1) is 6.92 Å². The third-order valence-corrected chi connectivity index (χ3v) is 4.59. The van der Waals surface area contributed by atoms with Crippen molar-refractivity contribution in [2.75, 3.05) is 11.9 Å². The molecule has 0 saturated heterocycles. The maximum atomic E-state index is 12.5. The van der Waals surface area contributed by atoms with Crippen LogP contribution in [0.15, 0.2) is 36.7 Å². The number of carboxylic acids is 1. The third kappa shape index (κ3) is 4.51. The summed E-state index contributed by atoms with van der Waals surface area (Å²) in [6.45, 7) is 2.92. The zero-order valence-electron chi connectivity index (χ0n) is 15.8. The number of nitrogens with one attached hydrogen (secondary N) is 1. The summed E-state index contributed by atoms with van der Waals surface area (Å²) in [6.07, 6.45) is -2.89. The summed E-state index contributed by atoms with van der Waals surface area (Å²) >= 11 is 0. The lowest BCUT2D eigenvalue weighted by Gasteiger charge is -2.14. The Morgan fingerprint density at radius 1 is 1.31 bits per heavy atom. The highest BCUT2D eigenvalue weighted by Crippen LogP contribution is 2.29. The monoisotopic (exact) mass is 407 g/mol. The van der Waals surface area contributed by atoms with Gasteiger partial charge in [0.2, 0.25) is 0 Å². The molecule has 0 bridgehead atoms. The zero-order chi connectivity index (χ0) is 21.3. The van der Waals surface area contributed by atoms with Gasteiger partial charge in [0, 0.05) is 18.3 Å². The van der Waals surface area contributed by atoms with Crippen LogP contribution in [0.4, 0.5) is 18.9 Å². The number of hydrogen-bond donors (Lipinski definition) is 3. The molecule has 2 aromatic heterocycles. The van der Waals surface area contributed by atoms with Gasteiger partial charge in [0.15, 0.2) is 5.65 Å². The minimum Gasteiger partial charge on any atom is -0.478 e. The quantitative estimate of drug-likeness (QED) is 0.563. The number of imidazole rings is 1. The van der Waals surface area contributed by atoms with E-state index < -0.39 is 24.7 Å². The number of alkyl halides is 3. The third-order valence-electron chi connectivity index (χ3n) is 4.59. The van der Waals surface area contributed by atoms with Crippen molar-refractivity contribution in [1.82, 2.24) is 9.38 Å². The van der Waals surface area contributed by atoms with Gasteiger partial charge >= 0.3 is 12.1 Å². The Morgan fingerprint density at radius 3 is 2.62 bits per heavy atom. The van der Waals surface area contributed by atoms with Crippen molar-refractivity contribution in [1.29, 1.82) is 0 Å². The largest absolute Gasteiger partial charge is 0.478 e. The van der Waals surface area contributed by atoms with E-state index in [0.29, 0.717) is 33.7 Å². The van der Waals surface area contributed by atoms with E-state index in [0.717, 1.165) is 0 Å². The first-order valence-corrected chi connectivity index (χ1v) is 8.91. The zero-order valence-corrected chi connectivity index (χ0v) is 15.8. The fraction of sp³-hybridized carbons (Fsp3) is 0.300. The van der Waals surface area contributed by atoms with Crippen molar-refractivity contribution in [3.05, 3.63) is 53.3 Å². The molecule has 3 rings (SSSR count). The summed E-state index contributed by atoms with van der Waals surface area (Å²) in [7, 11) is 0. The maximum Gasteiger partial charge on any atom is 0.390 e. The molecule has 0 aliphatic carbocycles. The SMILES string of the molecule is Cc1cc(-c2cnc3c(NCCC(F)(F)F)cc([C@H](C)O)cn23)ccc1C(=O)O. The number of aliphatic hydroxyl groups is 1. The van der Waals surface area contributed by atoms with Crippen LogP contribution in [0.2, 0.25) is 0 Å². The van der Waals surface area contributed by atoms with Gasteiger partial charge < -0.3 is 15.5 Å². The average Bonchev–Trinajstić information content (AvgIpc) is 3.04. The molecule has 0 fully saturated rings. The van der Waals surface area contributed by atoms with Crippen LogP contribution in [-0.2, 0) is 0 Å². The second-order valence-corrected chi connectivity index (χ2v) is 6.83. The van der Waals surface area contributed by atoms with Gasteiger partial charge in [-0.05, 0) is 43.2 Å². The minimum absolute atomic E-state index is 0.182. The molecule has 0 aliphatic heterocycles. The smallest absolute Gasteiger partial charge is 0.390 e. The molecule has 0 aliphatic rings. The van der Waals surface area contributed by atoms with Gasteiger partial charge in [0.25, 0.3) is 0 Å². The molecule has 0 saturated carbocycles. The number of aromatic carboxylic acids is 1. The summed E-state index contributed by atoms with van der Waals surface area (Å²) < 4.78 is 39.1. The van der Waals surface area contributed by atoms with E-state index in [9.17, 15) is 28.2 Å². The molecular formula is C20H20F3N3O3. The highest BCUT2D eigenvalue weighted by atomic mass is 19.4. The molecule has 9 heteroatoms. The van der Waals surface area contributed by atoms with Crippen molar-refractivity contribution in [2.24, 2.45) is 0 Å². The Labute approximate surface area is 164 Å². The van der Waals surface area contributed by atoms with Crippen molar-refractivity contribution >= 4 is 17.3 Å². The fourth-order valence-electron chi connectivity index (χ4n) is 3.08. The van der Waals surface area contributed by atoms with Crippen LogP contribution in [0.1, 0.15) is 40.9 Å². The number of benzene rings is 1. The van der Waals surface area contributed by atoms with Crippen molar-refractivity contribution in [2.45, 2.75) is 32.5 Å². The number of aromatic nitrogens is 2. The van der Waals surface area contributed by atoms with E-state index in [1.165, 1.54) is 6.07 Å². The number of fused-ring (bicyclic) bond motifs is 1. The van der Waals surface area contributed by atoms with Gasteiger partial charge in [-0.2, -0.15) is 13.2 Å². The summed E-state index contributed by atoms with van der Waals surface area (Å²) in [6, 6.07) is 6.42. The standard InChI is InChI=1S/C20H20F3N3O3/c1-11-7-13(3-4-15(11)19(28)29)17-9-25-18-16(24-6-5-20(21,22)23)8-14(12(2)27)10-26(17)18/h3-4,7-10,12,24,27H,5-6H2,1-2H3,(H,28,29)/t12-/m0/s1. The molecule has 0 radical (unpaired) electrons. The predicted molar refractivity (Wildman–Crippen MR) is 102 cm³/mol. The first-order chi connectivity index (χ1) is 13.6. The van der Waals surface area contributed by atoms with Gasteiger partial charge in [-0.3, -0.25) is 4.40 Å². The van der Waals surface area contributed by atoms with Crippen LogP contribution >= 0.6 is 0 Å². The number of aryl methyl sites for hydroxylation is 1. The Bertz CT molecular complexity index is 1060. The molecule has 2 heterocycles. The van der Waals surface area contributed by atoms with Crippen LogP contribution in [0.25, 0.3) is 16.9 Å². The van der Waals surface area contributed by atoms with Crippen LogP contribution in [0.5, 0.6) is 0 Å². The van der Waals surface area contributed by atoms with E-state index in [-0.39, 0.29) is 12.1 Å². The van der Waals surface area contributed by atoms with Gasteiger partial charge in [0.1, 0.15) is 0 Å². The molecule has 1 aromatic carbocycles. The highest BCUT2D eigenvalue weighted by molar-refractivity contribution is 5.90. The molecule has 0 amide bonds. The van der Waals surface area contributed by atoms with Crippen LogP contribution in [-0.4, -0.2) is 38.3 Å². The van der Waals surface area contributed by atoms with Crippen LogP contribution in [0.3, 0.4) is 0 Å². The lowest BCUT2D eigenvalue weighted by molar-refractivity contribution is -0.131. The Kier molecular flexibility index (Phi) is 5.52. The molecule has 6 nitrogen and oxygen atoms in total. The number of rotatable bonds is 6. The van der Waals surface area contributed by atoms with E-state index in [2.05, 4.69) is 10.3 Å². The first kappa shape index (κ1) is 20.7. The molecule has 3 aromatic rings. The van der Waals surface area contributed by atoms with Crippen LogP contribution < -0.4 is 5.32 Å². The van der Waals surface area contributed by atoms with Crippen molar-refractivity contribution < 1.29 is 28.2 Å². The number of nitrogens with zero attached hydrogens (tertiary/aromatic N) is 2. The maximum absolute atomic E-state index is 12.5. The molecule has 154 valence electrons. The predicted octanol–water partition coefficient (Wildman–Crippen LogP) is 4.43. The number of carboxylic acid groups (broad SMARTS) is 1. The van der Waals surface area contributed by atoms with Gasteiger partial charge in [-0.25, -0.2) is 9.78 Å². The average molecular weight is 407 g/mol. The second kappa shape index (κ2) is 7.75. The topological polar surface area (TPSA) is 86.9 Å². The number of carbonyl (C=O) groups is 1. The Morgan fingerprint density at radius 2 is 2.03 bits per heavy atom. The Hall–Kier alpha value is -3.07. The fourth-order valence-corrected chi connectivity index (χ4v) is 3.08. The molecule has 29 heavy (non-hydrogen) atoms. The molecule has 0 unspecified atom stereocenters. The van der Waals surface area contributed by atoms with Gasteiger partial charge in [-0.15, -0.1) is 0 Å².